The van der Waals surface area contributed by atoms with Gasteiger partial charge in [-0.15, -0.1) is 0 Å². The van der Waals surface area contributed by atoms with Crippen LogP contribution in [0.3, 0.4) is 0 Å². The van der Waals surface area contributed by atoms with Crippen molar-refractivity contribution in [3.8, 4) is 11.5 Å². The molecule has 0 saturated carbocycles. The maximum atomic E-state index is 12.5. The number of carbonyl (C=O) groups is 2. The van der Waals surface area contributed by atoms with Crippen molar-refractivity contribution < 1.29 is 37.0 Å². The number of halogens is 3. The second kappa shape index (κ2) is 11.2. The van der Waals surface area contributed by atoms with Crippen molar-refractivity contribution in [1.82, 2.24) is 5.32 Å². The van der Waals surface area contributed by atoms with E-state index in [1.165, 1.54) is 0 Å². The number of hydrogen-bond acceptors (Lipinski definition) is 5. The number of carbonyl (C=O) groups excluding carboxylic acids is 2. The molecule has 0 spiro atoms. The first-order chi connectivity index (χ1) is 14.7. The lowest BCUT2D eigenvalue weighted by atomic mass is 10.1. The van der Waals surface area contributed by atoms with Gasteiger partial charge >= 0.3 is 12.1 Å². The molecule has 31 heavy (non-hydrogen) atoms. The Morgan fingerprint density at radius 3 is 2.19 bits per heavy atom. The fourth-order valence-corrected chi connectivity index (χ4v) is 2.66. The van der Waals surface area contributed by atoms with E-state index in [1.807, 2.05) is 26.0 Å². The molecule has 2 aromatic rings. The molecule has 1 amide bonds. The normalized spacial score (nSPS) is 11.0. The first-order valence-corrected chi connectivity index (χ1v) is 9.74. The third kappa shape index (κ3) is 7.51. The predicted octanol–water partition coefficient (Wildman–Crippen LogP) is 4.02. The molecule has 0 fully saturated rings. The average molecular weight is 439 g/mol. The van der Waals surface area contributed by atoms with Crippen LogP contribution in [0.4, 0.5) is 13.2 Å². The summed E-state index contributed by atoms with van der Waals surface area (Å²) >= 11 is 0. The maximum absolute atomic E-state index is 12.5. The van der Waals surface area contributed by atoms with E-state index < -0.39 is 30.2 Å². The Morgan fingerprint density at radius 2 is 1.58 bits per heavy atom. The van der Waals surface area contributed by atoms with Gasteiger partial charge in [0.15, 0.2) is 18.1 Å². The van der Waals surface area contributed by atoms with Crippen LogP contribution in [0.1, 0.15) is 35.3 Å². The number of nitrogens with one attached hydrogen (secondary N) is 1. The Bertz CT molecular complexity index is 882. The minimum atomic E-state index is -4.49. The van der Waals surface area contributed by atoms with Crippen molar-refractivity contribution in [2.75, 3.05) is 26.4 Å². The van der Waals surface area contributed by atoms with E-state index in [-0.39, 0.29) is 5.56 Å². The zero-order valence-electron chi connectivity index (χ0n) is 17.3. The molecule has 0 heterocycles. The average Bonchev–Trinajstić information content (AvgIpc) is 2.73. The Labute approximate surface area is 178 Å². The van der Waals surface area contributed by atoms with E-state index in [0.29, 0.717) is 37.7 Å². The summed E-state index contributed by atoms with van der Waals surface area (Å²) in [6.07, 6.45) is -3.97. The second-order valence-corrected chi connectivity index (χ2v) is 6.40. The van der Waals surface area contributed by atoms with Crippen LogP contribution >= 0.6 is 0 Å². The Morgan fingerprint density at radius 1 is 0.935 bits per heavy atom. The molecule has 0 atom stereocenters. The fraction of sp³-hybridized carbons (Fsp3) is 0.364. The smallest absolute Gasteiger partial charge is 0.416 e. The van der Waals surface area contributed by atoms with Crippen LogP contribution in [0, 0.1) is 0 Å². The highest BCUT2D eigenvalue weighted by molar-refractivity contribution is 5.91. The Balaban J connectivity index is 1.79. The van der Waals surface area contributed by atoms with Gasteiger partial charge < -0.3 is 19.5 Å². The van der Waals surface area contributed by atoms with E-state index in [0.717, 1.165) is 29.8 Å². The third-order valence-corrected chi connectivity index (χ3v) is 4.13. The standard InChI is InChI=1S/C22H24F3NO5/c1-3-29-18-10-5-15(13-19(18)30-4-2)11-12-26-20(27)14-31-21(28)16-6-8-17(9-7-16)22(23,24)25/h5-10,13H,3-4,11-12,14H2,1-2H3,(H,26,27). The number of alkyl halides is 3. The fourth-order valence-electron chi connectivity index (χ4n) is 2.66. The van der Waals surface area contributed by atoms with Crippen molar-refractivity contribution in [3.05, 3.63) is 59.2 Å². The van der Waals surface area contributed by atoms with Gasteiger partial charge in [0, 0.05) is 6.54 Å². The summed E-state index contributed by atoms with van der Waals surface area (Å²) < 4.78 is 53.5. The monoisotopic (exact) mass is 439 g/mol. The van der Waals surface area contributed by atoms with Crippen LogP contribution in [0.15, 0.2) is 42.5 Å². The number of amides is 1. The Kier molecular flexibility index (Phi) is 8.72. The zero-order valence-corrected chi connectivity index (χ0v) is 17.3. The molecule has 0 aliphatic rings. The summed E-state index contributed by atoms with van der Waals surface area (Å²) in [5, 5.41) is 2.62. The number of benzene rings is 2. The highest BCUT2D eigenvalue weighted by Gasteiger charge is 2.30. The van der Waals surface area contributed by atoms with Gasteiger partial charge in [-0.25, -0.2) is 4.79 Å². The van der Waals surface area contributed by atoms with Gasteiger partial charge in [0.1, 0.15) is 0 Å². The molecule has 0 saturated heterocycles. The molecule has 168 valence electrons. The third-order valence-electron chi connectivity index (χ3n) is 4.13. The molecule has 0 aliphatic heterocycles. The lowest BCUT2D eigenvalue weighted by Gasteiger charge is -2.12. The van der Waals surface area contributed by atoms with Crippen molar-refractivity contribution in [3.63, 3.8) is 0 Å². The molecule has 9 heteroatoms. The quantitative estimate of drug-likeness (QED) is 0.566. The highest BCUT2D eigenvalue weighted by atomic mass is 19.4. The maximum Gasteiger partial charge on any atom is 0.416 e. The molecule has 1 N–H and O–H groups in total. The van der Waals surface area contributed by atoms with Gasteiger partial charge in [-0.2, -0.15) is 13.2 Å². The SMILES string of the molecule is CCOc1ccc(CCNC(=O)COC(=O)c2ccc(C(F)(F)F)cc2)cc1OCC. The van der Waals surface area contributed by atoms with Gasteiger partial charge in [-0.3, -0.25) is 4.79 Å². The largest absolute Gasteiger partial charge is 0.490 e. The van der Waals surface area contributed by atoms with E-state index in [2.05, 4.69) is 5.32 Å². The lowest BCUT2D eigenvalue weighted by molar-refractivity contribution is -0.137. The second-order valence-electron chi connectivity index (χ2n) is 6.40. The van der Waals surface area contributed by atoms with Gasteiger partial charge in [-0.1, -0.05) is 6.07 Å². The molecular formula is C22H24F3NO5. The number of ether oxygens (including phenoxy) is 3. The highest BCUT2D eigenvalue weighted by Crippen LogP contribution is 2.29. The van der Waals surface area contributed by atoms with Crippen LogP contribution in [-0.4, -0.2) is 38.2 Å². The van der Waals surface area contributed by atoms with E-state index in [1.54, 1.807) is 6.07 Å². The number of esters is 1. The van der Waals surface area contributed by atoms with Gasteiger partial charge in [-0.05, 0) is 62.2 Å². The summed E-state index contributed by atoms with van der Waals surface area (Å²) in [6.45, 7) is 4.52. The van der Waals surface area contributed by atoms with E-state index >= 15 is 0 Å². The van der Waals surface area contributed by atoms with Gasteiger partial charge in [0.2, 0.25) is 0 Å². The summed E-state index contributed by atoms with van der Waals surface area (Å²) in [7, 11) is 0. The van der Waals surface area contributed by atoms with Crippen molar-refractivity contribution in [2.45, 2.75) is 26.4 Å². The predicted molar refractivity (Wildman–Crippen MR) is 107 cm³/mol. The molecular weight excluding hydrogens is 415 g/mol. The molecule has 0 aliphatic carbocycles. The molecule has 0 aromatic heterocycles. The van der Waals surface area contributed by atoms with Crippen LogP contribution in [0.5, 0.6) is 11.5 Å². The summed E-state index contributed by atoms with van der Waals surface area (Å²) in [6, 6.07) is 9.08. The van der Waals surface area contributed by atoms with Crippen LogP contribution in [-0.2, 0) is 22.1 Å². The zero-order chi connectivity index (χ0) is 22.9. The molecule has 0 radical (unpaired) electrons. The molecule has 0 bridgehead atoms. The van der Waals surface area contributed by atoms with Crippen molar-refractivity contribution in [1.29, 1.82) is 0 Å². The topological polar surface area (TPSA) is 73.9 Å². The lowest BCUT2D eigenvalue weighted by Crippen LogP contribution is -2.30. The summed E-state index contributed by atoms with van der Waals surface area (Å²) in [5.74, 6) is -0.126. The summed E-state index contributed by atoms with van der Waals surface area (Å²) in [5.41, 5.74) is -0.0174. The first-order valence-electron chi connectivity index (χ1n) is 9.74. The molecule has 6 nitrogen and oxygen atoms in total. The van der Waals surface area contributed by atoms with E-state index in [4.69, 9.17) is 14.2 Å². The molecule has 2 rings (SSSR count). The van der Waals surface area contributed by atoms with Crippen LogP contribution in [0.25, 0.3) is 0 Å². The van der Waals surface area contributed by atoms with Gasteiger partial charge in [0.25, 0.3) is 5.91 Å². The Hall–Kier alpha value is -3.23. The first kappa shape index (κ1) is 24.0. The number of hydrogen-bond donors (Lipinski definition) is 1. The van der Waals surface area contributed by atoms with Crippen molar-refractivity contribution in [2.24, 2.45) is 0 Å². The van der Waals surface area contributed by atoms with E-state index in [9.17, 15) is 22.8 Å². The van der Waals surface area contributed by atoms with Crippen LogP contribution in [0.2, 0.25) is 0 Å². The molecule has 0 unspecified atom stereocenters. The molecule has 2 aromatic carbocycles. The summed E-state index contributed by atoms with van der Waals surface area (Å²) in [4.78, 5) is 23.8. The number of rotatable bonds is 10. The van der Waals surface area contributed by atoms with Gasteiger partial charge in [0.05, 0.1) is 24.3 Å². The minimum Gasteiger partial charge on any atom is -0.490 e. The van der Waals surface area contributed by atoms with Crippen molar-refractivity contribution >= 4 is 11.9 Å². The minimum absolute atomic E-state index is 0.0707. The van der Waals surface area contributed by atoms with Crippen LogP contribution < -0.4 is 14.8 Å².